The average molecular weight is 266 g/mol. The number of hydrogen-bond donors (Lipinski definition) is 4. The van der Waals surface area contributed by atoms with Crippen LogP contribution in [0.25, 0.3) is 0 Å². The molecule has 1 saturated heterocycles. The monoisotopic (exact) mass is 266 g/mol. The van der Waals surface area contributed by atoms with Crippen LogP contribution >= 0.6 is 0 Å². The lowest BCUT2D eigenvalue weighted by molar-refractivity contribution is -0.504. The maximum Gasteiger partial charge on any atom is 0.335 e. The first-order chi connectivity index (χ1) is 8.34. The highest BCUT2D eigenvalue weighted by Crippen LogP contribution is 2.22. The van der Waals surface area contributed by atoms with E-state index in [1.165, 1.54) is 0 Å². The second-order valence-corrected chi connectivity index (χ2v) is 3.63. The molecule has 0 aromatic heterocycles. The Morgan fingerprint density at radius 3 is 2.56 bits per heavy atom. The highest BCUT2D eigenvalue weighted by molar-refractivity contribution is 5.73. The quantitative estimate of drug-likeness (QED) is 0.246. The summed E-state index contributed by atoms with van der Waals surface area (Å²) in [6.07, 6.45) is -8.35. The van der Waals surface area contributed by atoms with E-state index in [1.807, 2.05) is 0 Å². The van der Waals surface area contributed by atoms with Gasteiger partial charge in [-0.15, -0.1) is 0 Å². The Kier molecular flexibility index (Phi) is 4.93. The second kappa shape index (κ2) is 6.02. The molecule has 1 aliphatic rings. The third-order valence-corrected chi connectivity index (χ3v) is 2.33. The van der Waals surface area contributed by atoms with E-state index in [9.17, 15) is 25.3 Å². The number of carboxylic acid groups (broad SMARTS) is 1. The third kappa shape index (κ3) is 3.34. The van der Waals surface area contributed by atoms with E-state index in [4.69, 9.17) is 9.84 Å². The Morgan fingerprint density at radius 2 is 2.06 bits per heavy atom. The molecule has 1 heterocycles. The second-order valence-electron chi connectivity index (χ2n) is 3.63. The Labute approximate surface area is 101 Å². The molecule has 0 spiro atoms. The largest absolute Gasteiger partial charge is 0.600 e. The van der Waals surface area contributed by atoms with Crippen molar-refractivity contribution in [3.63, 3.8) is 0 Å². The molecule has 0 aliphatic carbocycles. The van der Waals surface area contributed by atoms with E-state index in [1.54, 1.807) is 0 Å². The molecule has 0 aromatic carbocycles. The van der Waals surface area contributed by atoms with Gasteiger partial charge < -0.3 is 35.1 Å². The number of aliphatic hydroxyl groups excluding tert-OH is 3. The molecule has 1 fully saturated rings. The minimum absolute atomic E-state index is 0.207. The number of rotatable bonds is 4. The molecule has 104 valence electrons. The van der Waals surface area contributed by atoms with Crippen LogP contribution in [0.15, 0.2) is 5.11 Å². The van der Waals surface area contributed by atoms with Crippen LogP contribution in [0.2, 0.25) is 0 Å². The molecule has 0 amide bonds. The van der Waals surface area contributed by atoms with Gasteiger partial charge in [-0.1, -0.05) is 4.86 Å². The summed E-state index contributed by atoms with van der Waals surface area (Å²) in [6.45, 7) is -0.480. The lowest BCUT2D eigenvalue weighted by Gasteiger charge is -2.38. The van der Waals surface area contributed by atoms with Crippen LogP contribution in [0.3, 0.4) is 0 Å². The first-order valence-corrected chi connectivity index (χ1v) is 4.97. The summed E-state index contributed by atoms with van der Waals surface area (Å²) in [5.41, 5.74) is 0. The molecule has 0 saturated carbocycles. The van der Waals surface area contributed by atoms with E-state index in [0.29, 0.717) is 0 Å². The van der Waals surface area contributed by atoms with Gasteiger partial charge in [-0.2, -0.15) is 0 Å². The summed E-state index contributed by atoms with van der Waals surface area (Å²) in [5, 5.41) is 50.8. The van der Waals surface area contributed by atoms with Gasteiger partial charge in [-0.25, -0.2) is 4.79 Å². The predicted octanol–water partition coefficient (Wildman–Crippen LogP) is -2.55. The zero-order valence-corrected chi connectivity index (χ0v) is 9.41. The van der Waals surface area contributed by atoms with E-state index < -0.39 is 43.4 Å². The molecule has 1 rings (SSSR count). The fraction of sp³-hybridized carbons (Fsp3) is 0.875. The summed E-state index contributed by atoms with van der Waals surface area (Å²) in [5.74, 6) is -1.52. The highest BCUT2D eigenvalue weighted by Gasteiger charge is 2.47. The van der Waals surface area contributed by atoms with Gasteiger partial charge in [0.05, 0.1) is 0 Å². The first kappa shape index (κ1) is 14.7. The van der Waals surface area contributed by atoms with Crippen LogP contribution in [0, 0.1) is 5.21 Å². The molecule has 5 atom stereocenters. The molecule has 1 aliphatic heterocycles. The Hall–Kier alpha value is -1.33. The van der Waals surface area contributed by atoms with Crippen LogP contribution in [-0.2, 0) is 14.3 Å². The molecule has 4 N–H and O–H groups in total. The van der Waals surface area contributed by atoms with E-state index in [2.05, 4.69) is 9.85 Å². The van der Waals surface area contributed by atoms with Gasteiger partial charge >= 0.3 is 5.97 Å². The fourth-order valence-corrected chi connectivity index (χ4v) is 1.44. The normalized spacial score (nSPS) is 37.6. The number of aliphatic carboxylic acids is 1. The van der Waals surface area contributed by atoms with Crippen LogP contribution < -0.4 is 0 Å². The summed E-state index contributed by atoms with van der Waals surface area (Å²) < 4.78 is 9.42. The maximum absolute atomic E-state index is 10.7. The average Bonchev–Trinajstić information content (AvgIpc) is 2.27. The molecule has 0 unspecified atom stereocenters. The summed E-state index contributed by atoms with van der Waals surface area (Å²) in [4.78, 5) is 10.9. The van der Waals surface area contributed by atoms with Gasteiger partial charge in [0.1, 0.15) is 18.3 Å². The standard InChI is InChI=1S/C8H14N2O8/c1-10(16)9-2-17-6-4(12)3(11)5(7(13)14)18-8(6)15/h3-6,8,11-12,15H,2H2,1H3,(H,13,14)/b10-9-/t3-,4-,5-,6+,8+/m0/s1. The molecule has 10 nitrogen and oxygen atoms in total. The Balaban J connectivity index is 2.65. The van der Waals surface area contributed by atoms with Crippen molar-refractivity contribution in [1.82, 2.24) is 0 Å². The van der Waals surface area contributed by atoms with E-state index in [-0.39, 0.29) is 4.86 Å². The van der Waals surface area contributed by atoms with Crippen molar-refractivity contribution in [2.75, 3.05) is 13.8 Å². The van der Waals surface area contributed by atoms with Crippen molar-refractivity contribution >= 4 is 5.97 Å². The molecular weight excluding hydrogens is 252 g/mol. The molecular formula is C8H14N2O8. The maximum atomic E-state index is 10.7. The fourth-order valence-electron chi connectivity index (χ4n) is 1.44. The van der Waals surface area contributed by atoms with Crippen molar-refractivity contribution in [3.05, 3.63) is 5.21 Å². The molecule has 0 radical (unpaired) electrons. The smallest absolute Gasteiger partial charge is 0.335 e. The number of aliphatic hydroxyl groups is 3. The minimum atomic E-state index is -1.76. The zero-order valence-electron chi connectivity index (χ0n) is 9.41. The number of carbonyl (C=O) groups is 1. The van der Waals surface area contributed by atoms with E-state index >= 15 is 0 Å². The lowest BCUT2D eigenvalue weighted by Crippen LogP contribution is -2.60. The van der Waals surface area contributed by atoms with Gasteiger partial charge in [-0.3, -0.25) is 0 Å². The molecule has 0 bridgehead atoms. The number of nitrogens with zero attached hydrogens (tertiary/aromatic N) is 2. The van der Waals surface area contributed by atoms with Crippen LogP contribution in [-0.4, -0.2) is 75.7 Å². The predicted molar refractivity (Wildman–Crippen MR) is 52.2 cm³/mol. The van der Waals surface area contributed by atoms with Gasteiger partial charge in [0.2, 0.25) is 6.73 Å². The van der Waals surface area contributed by atoms with Gasteiger partial charge in [0.25, 0.3) is 0 Å². The number of hydroxylamine groups is 1. The number of hydrogen-bond acceptors (Lipinski definition) is 8. The highest BCUT2D eigenvalue weighted by atomic mass is 16.7. The van der Waals surface area contributed by atoms with Gasteiger partial charge in [0.15, 0.2) is 19.4 Å². The van der Waals surface area contributed by atoms with Crippen molar-refractivity contribution in [3.8, 4) is 0 Å². The molecule has 10 heteroatoms. The topological polar surface area (TPSA) is 155 Å². The number of carboxylic acids is 1. The number of azo groups is 1. The molecule has 18 heavy (non-hydrogen) atoms. The van der Waals surface area contributed by atoms with Crippen LogP contribution in [0.1, 0.15) is 0 Å². The minimum Gasteiger partial charge on any atom is -0.600 e. The SMILES string of the molecule is C/[N+]([O-])=N/CO[C@@H]1[C@@H](O)[C@H](O)[C@@H](C(=O)O)O[C@H]1O. The molecule has 0 aromatic rings. The van der Waals surface area contributed by atoms with Gasteiger partial charge in [-0.05, 0) is 5.11 Å². The van der Waals surface area contributed by atoms with Crippen molar-refractivity contribution in [1.29, 1.82) is 0 Å². The van der Waals surface area contributed by atoms with E-state index in [0.717, 1.165) is 7.05 Å². The van der Waals surface area contributed by atoms with Crippen LogP contribution in [0.5, 0.6) is 0 Å². The van der Waals surface area contributed by atoms with Crippen molar-refractivity contribution in [2.45, 2.75) is 30.7 Å². The van der Waals surface area contributed by atoms with Gasteiger partial charge in [0, 0.05) is 0 Å². The van der Waals surface area contributed by atoms with Crippen LogP contribution in [0.4, 0.5) is 0 Å². The first-order valence-electron chi connectivity index (χ1n) is 4.97. The summed E-state index contributed by atoms with van der Waals surface area (Å²) >= 11 is 0. The Morgan fingerprint density at radius 1 is 1.44 bits per heavy atom. The Bertz CT molecular complexity index is 331. The van der Waals surface area contributed by atoms with Crippen molar-refractivity contribution in [2.24, 2.45) is 5.11 Å². The number of ether oxygens (including phenoxy) is 2. The lowest BCUT2D eigenvalue weighted by atomic mass is 9.99. The summed E-state index contributed by atoms with van der Waals surface area (Å²) in [7, 11) is 1.10. The van der Waals surface area contributed by atoms with Crippen molar-refractivity contribution < 1.29 is 39.6 Å². The third-order valence-electron chi connectivity index (χ3n) is 2.33. The summed E-state index contributed by atoms with van der Waals surface area (Å²) in [6, 6.07) is 0. The zero-order chi connectivity index (χ0) is 13.9.